The highest BCUT2D eigenvalue weighted by Crippen LogP contribution is 2.26. The van der Waals surface area contributed by atoms with Gasteiger partial charge >= 0.3 is 0 Å². The first-order chi connectivity index (χ1) is 8.70. The molecule has 0 heterocycles. The van der Waals surface area contributed by atoms with Gasteiger partial charge in [0.15, 0.2) is 0 Å². The molecule has 2 nitrogen and oxygen atoms in total. The Hall–Kier alpha value is -1.98. The molecule has 90 valence electrons. The van der Waals surface area contributed by atoms with Gasteiger partial charge in [-0.25, -0.2) is 0 Å². The summed E-state index contributed by atoms with van der Waals surface area (Å²) < 4.78 is 5.66. The third-order valence-corrected chi connectivity index (χ3v) is 3.00. The molecule has 0 aliphatic heterocycles. The first kappa shape index (κ1) is 12.5. The minimum Gasteiger partial charge on any atom is -0.487 e. The van der Waals surface area contributed by atoms with Crippen molar-refractivity contribution in [2.75, 3.05) is 0 Å². The molecule has 0 unspecified atom stereocenters. The van der Waals surface area contributed by atoms with E-state index in [-0.39, 0.29) is 0 Å². The summed E-state index contributed by atoms with van der Waals surface area (Å²) in [4.78, 5) is 0. The topological polar surface area (TPSA) is 33.0 Å². The maximum atomic E-state index is 8.75. The summed E-state index contributed by atoms with van der Waals surface area (Å²) in [5.41, 5.74) is 2.84. The normalized spacial score (nSPS) is 9.83. The third kappa shape index (κ3) is 2.82. The maximum Gasteiger partial charge on any atom is 0.138 e. The van der Waals surface area contributed by atoms with Crippen LogP contribution in [0.5, 0.6) is 5.75 Å². The second-order valence-electron chi connectivity index (χ2n) is 3.97. The number of nitrogens with zero attached hydrogens (tertiary/aromatic N) is 1. The van der Waals surface area contributed by atoms with Crippen LogP contribution in [0.25, 0.3) is 0 Å². The highest BCUT2D eigenvalue weighted by molar-refractivity contribution is 6.32. The molecule has 0 radical (unpaired) electrons. The van der Waals surface area contributed by atoms with Gasteiger partial charge in [0, 0.05) is 0 Å². The first-order valence-corrected chi connectivity index (χ1v) is 5.95. The molecular weight excluding hydrogens is 246 g/mol. The summed E-state index contributed by atoms with van der Waals surface area (Å²) in [6.07, 6.45) is 0. The number of aryl methyl sites for hydroxylation is 1. The molecule has 0 aliphatic rings. The van der Waals surface area contributed by atoms with Crippen molar-refractivity contribution in [3.8, 4) is 11.8 Å². The van der Waals surface area contributed by atoms with Crippen molar-refractivity contribution in [2.45, 2.75) is 13.5 Å². The minimum atomic E-state index is 0.461. The van der Waals surface area contributed by atoms with Crippen molar-refractivity contribution in [3.63, 3.8) is 0 Å². The molecule has 0 saturated carbocycles. The monoisotopic (exact) mass is 257 g/mol. The highest BCUT2D eigenvalue weighted by Gasteiger charge is 2.04. The van der Waals surface area contributed by atoms with Crippen molar-refractivity contribution >= 4 is 11.6 Å². The molecule has 0 spiro atoms. The Morgan fingerprint density at radius 2 is 2.00 bits per heavy atom. The number of hydrogen-bond acceptors (Lipinski definition) is 2. The Bertz CT molecular complexity index is 602. The van der Waals surface area contributed by atoms with E-state index in [4.69, 9.17) is 21.6 Å². The first-order valence-electron chi connectivity index (χ1n) is 5.57. The summed E-state index contributed by atoms with van der Waals surface area (Å²) >= 11 is 6.04. The number of halogens is 1. The Balaban J connectivity index is 2.12. The Labute approximate surface area is 111 Å². The molecule has 0 saturated heterocycles. The van der Waals surface area contributed by atoms with Crippen LogP contribution in [0.2, 0.25) is 5.02 Å². The lowest BCUT2D eigenvalue weighted by molar-refractivity contribution is 0.305. The Morgan fingerprint density at radius 3 is 2.67 bits per heavy atom. The molecule has 3 heteroatoms. The van der Waals surface area contributed by atoms with Gasteiger partial charge in [-0.1, -0.05) is 35.9 Å². The van der Waals surface area contributed by atoms with Gasteiger partial charge in [0.25, 0.3) is 0 Å². The van der Waals surface area contributed by atoms with Crippen molar-refractivity contribution in [1.29, 1.82) is 5.26 Å². The van der Waals surface area contributed by atoms with Crippen LogP contribution in [0.15, 0.2) is 42.5 Å². The standard InChI is InChI=1S/C15H12ClNO/c1-11-4-2-3-5-13(11)10-18-15-7-6-12(9-17)8-14(15)16/h2-8H,10H2,1H3. The lowest BCUT2D eigenvalue weighted by atomic mass is 10.1. The van der Waals surface area contributed by atoms with Crippen LogP contribution in [-0.2, 0) is 6.61 Å². The predicted octanol–water partition coefficient (Wildman–Crippen LogP) is 4.10. The van der Waals surface area contributed by atoms with E-state index >= 15 is 0 Å². The second-order valence-corrected chi connectivity index (χ2v) is 4.38. The van der Waals surface area contributed by atoms with E-state index < -0.39 is 0 Å². The molecule has 0 N–H and O–H groups in total. The zero-order valence-electron chi connectivity index (χ0n) is 9.98. The SMILES string of the molecule is Cc1ccccc1COc1ccc(C#N)cc1Cl. The molecule has 2 aromatic rings. The summed E-state index contributed by atoms with van der Waals surface area (Å²) in [7, 11) is 0. The number of rotatable bonds is 3. The van der Waals surface area contributed by atoms with Crippen LogP contribution in [0.1, 0.15) is 16.7 Å². The lowest BCUT2D eigenvalue weighted by Crippen LogP contribution is -1.98. The van der Waals surface area contributed by atoms with Gasteiger partial charge in [-0.3, -0.25) is 0 Å². The van der Waals surface area contributed by atoms with E-state index in [2.05, 4.69) is 0 Å². The molecule has 2 aromatic carbocycles. The van der Waals surface area contributed by atoms with E-state index in [1.165, 1.54) is 5.56 Å². The average Bonchev–Trinajstić information content (AvgIpc) is 2.39. The maximum absolute atomic E-state index is 8.75. The molecule has 2 rings (SSSR count). The van der Waals surface area contributed by atoms with Gasteiger partial charge in [0.1, 0.15) is 12.4 Å². The van der Waals surface area contributed by atoms with Gasteiger partial charge in [0.05, 0.1) is 16.7 Å². The van der Waals surface area contributed by atoms with Crippen LogP contribution in [0.4, 0.5) is 0 Å². The van der Waals surface area contributed by atoms with Crippen LogP contribution in [0.3, 0.4) is 0 Å². The van der Waals surface area contributed by atoms with Crippen molar-refractivity contribution in [3.05, 3.63) is 64.2 Å². The molecule has 0 bridgehead atoms. The van der Waals surface area contributed by atoms with Gasteiger partial charge < -0.3 is 4.74 Å². The van der Waals surface area contributed by atoms with Crippen molar-refractivity contribution < 1.29 is 4.74 Å². The van der Waals surface area contributed by atoms with E-state index in [1.54, 1.807) is 18.2 Å². The molecule has 18 heavy (non-hydrogen) atoms. The van der Waals surface area contributed by atoms with Gasteiger partial charge in [-0.15, -0.1) is 0 Å². The third-order valence-electron chi connectivity index (χ3n) is 2.71. The fourth-order valence-corrected chi connectivity index (χ4v) is 1.85. The van der Waals surface area contributed by atoms with Gasteiger partial charge in [-0.05, 0) is 36.2 Å². The molecule has 0 aliphatic carbocycles. The summed E-state index contributed by atoms with van der Waals surface area (Å²) in [5, 5.41) is 9.21. The van der Waals surface area contributed by atoms with E-state index in [1.807, 2.05) is 37.3 Å². The van der Waals surface area contributed by atoms with Gasteiger partial charge in [0.2, 0.25) is 0 Å². The Kier molecular flexibility index (Phi) is 3.86. The summed E-state index contributed by atoms with van der Waals surface area (Å²) in [6, 6.07) is 15.1. The number of hydrogen-bond donors (Lipinski definition) is 0. The second kappa shape index (κ2) is 5.57. The fraction of sp³-hybridized carbons (Fsp3) is 0.133. The molecular formula is C15H12ClNO. The summed E-state index contributed by atoms with van der Waals surface area (Å²) in [5.74, 6) is 0.596. The van der Waals surface area contributed by atoms with Crippen molar-refractivity contribution in [1.82, 2.24) is 0 Å². The fourth-order valence-electron chi connectivity index (χ4n) is 1.61. The van der Waals surface area contributed by atoms with E-state index in [9.17, 15) is 0 Å². The highest BCUT2D eigenvalue weighted by atomic mass is 35.5. The van der Waals surface area contributed by atoms with Crippen LogP contribution in [0, 0.1) is 18.3 Å². The van der Waals surface area contributed by atoms with Crippen LogP contribution in [-0.4, -0.2) is 0 Å². The zero-order chi connectivity index (χ0) is 13.0. The van der Waals surface area contributed by atoms with Gasteiger partial charge in [-0.2, -0.15) is 5.26 Å². The van der Waals surface area contributed by atoms with E-state index in [0.717, 1.165) is 5.56 Å². The lowest BCUT2D eigenvalue weighted by Gasteiger charge is -2.10. The minimum absolute atomic E-state index is 0.461. The quantitative estimate of drug-likeness (QED) is 0.829. The summed E-state index contributed by atoms with van der Waals surface area (Å²) in [6.45, 7) is 2.51. The van der Waals surface area contributed by atoms with E-state index in [0.29, 0.717) is 22.9 Å². The number of ether oxygens (including phenoxy) is 1. The number of benzene rings is 2. The average molecular weight is 258 g/mol. The van der Waals surface area contributed by atoms with Crippen LogP contribution < -0.4 is 4.74 Å². The number of nitriles is 1. The molecule has 0 amide bonds. The molecule has 0 aromatic heterocycles. The predicted molar refractivity (Wildman–Crippen MR) is 71.7 cm³/mol. The zero-order valence-corrected chi connectivity index (χ0v) is 10.7. The van der Waals surface area contributed by atoms with Crippen molar-refractivity contribution in [2.24, 2.45) is 0 Å². The Morgan fingerprint density at radius 1 is 1.22 bits per heavy atom. The smallest absolute Gasteiger partial charge is 0.138 e. The molecule has 0 atom stereocenters. The van der Waals surface area contributed by atoms with Crippen LogP contribution >= 0.6 is 11.6 Å². The molecule has 0 fully saturated rings. The largest absolute Gasteiger partial charge is 0.487 e.